The Morgan fingerprint density at radius 3 is 2.92 bits per heavy atom. The lowest BCUT2D eigenvalue weighted by atomic mass is 10.2. The molecule has 2 heterocycles. The summed E-state index contributed by atoms with van der Waals surface area (Å²) < 4.78 is 5.33. The second kappa shape index (κ2) is 6.34. The zero-order valence-corrected chi connectivity index (χ0v) is 13.9. The number of H-pyrrole nitrogens is 1. The van der Waals surface area contributed by atoms with Crippen molar-refractivity contribution in [3.8, 4) is 0 Å². The van der Waals surface area contributed by atoms with E-state index in [0.29, 0.717) is 19.0 Å². The average Bonchev–Trinajstić information content (AvgIpc) is 3.14. The van der Waals surface area contributed by atoms with E-state index >= 15 is 0 Å². The SMILES string of the molecule is CC(C)(C)OC(=O)N[C@@H](CN1CNc2ccccc21)c1nn[nH]n1. The highest BCUT2D eigenvalue weighted by atomic mass is 16.6. The van der Waals surface area contributed by atoms with Crippen LogP contribution >= 0.6 is 0 Å². The van der Waals surface area contributed by atoms with Crippen molar-refractivity contribution in [3.63, 3.8) is 0 Å². The smallest absolute Gasteiger partial charge is 0.408 e. The summed E-state index contributed by atoms with van der Waals surface area (Å²) in [7, 11) is 0. The Bertz CT molecular complexity index is 696. The quantitative estimate of drug-likeness (QED) is 0.782. The van der Waals surface area contributed by atoms with E-state index in [2.05, 4.69) is 36.2 Å². The number of carbonyl (C=O) groups excluding carboxylic acids is 1. The molecule has 3 rings (SSSR count). The van der Waals surface area contributed by atoms with E-state index in [9.17, 15) is 4.79 Å². The number of alkyl carbamates (subject to hydrolysis) is 1. The molecule has 1 atom stereocenters. The molecule has 1 aliphatic heterocycles. The first-order valence-electron chi connectivity index (χ1n) is 7.73. The third-order valence-electron chi connectivity index (χ3n) is 3.47. The largest absolute Gasteiger partial charge is 0.444 e. The summed E-state index contributed by atoms with van der Waals surface area (Å²) in [6.45, 7) is 6.58. The van der Waals surface area contributed by atoms with E-state index < -0.39 is 17.7 Å². The number of rotatable bonds is 4. The lowest BCUT2D eigenvalue weighted by Crippen LogP contribution is -2.41. The van der Waals surface area contributed by atoms with Crippen molar-refractivity contribution in [1.29, 1.82) is 0 Å². The number of amides is 1. The van der Waals surface area contributed by atoms with Crippen molar-refractivity contribution >= 4 is 17.5 Å². The molecule has 0 unspecified atom stereocenters. The van der Waals surface area contributed by atoms with Gasteiger partial charge in [-0.1, -0.05) is 17.3 Å². The van der Waals surface area contributed by atoms with Crippen molar-refractivity contribution in [3.05, 3.63) is 30.1 Å². The van der Waals surface area contributed by atoms with Crippen LogP contribution in [0.25, 0.3) is 0 Å². The van der Waals surface area contributed by atoms with Gasteiger partial charge in [0.25, 0.3) is 0 Å². The molecular weight excluding hydrogens is 310 g/mol. The van der Waals surface area contributed by atoms with Crippen molar-refractivity contribution < 1.29 is 9.53 Å². The fourth-order valence-corrected chi connectivity index (χ4v) is 2.51. The number of para-hydroxylation sites is 2. The van der Waals surface area contributed by atoms with Gasteiger partial charge in [0.15, 0.2) is 5.82 Å². The van der Waals surface area contributed by atoms with Crippen LogP contribution in [-0.4, -0.2) is 45.5 Å². The van der Waals surface area contributed by atoms with Crippen LogP contribution < -0.4 is 15.5 Å². The lowest BCUT2D eigenvalue weighted by molar-refractivity contribution is 0.0503. The van der Waals surface area contributed by atoms with Crippen LogP contribution in [0.5, 0.6) is 0 Å². The first-order chi connectivity index (χ1) is 11.4. The van der Waals surface area contributed by atoms with Gasteiger partial charge in [-0.05, 0) is 32.9 Å². The number of hydrogen-bond donors (Lipinski definition) is 3. The van der Waals surface area contributed by atoms with Crippen LogP contribution in [0.2, 0.25) is 0 Å². The summed E-state index contributed by atoms with van der Waals surface area (Å²) in [5.41, 5.74) is 1.55. The second-order valence-electron chi connectivity index (χ2n) is 6.54. The summed E-state index contributed by atoms with van der Waals surface area (Å²) >= 11 is 0. The zero-order valence-electron chi connectivity index (χ0n) is 13.9. The number of nitrogens with zero attached hydrogens (tertiary/aromatic N) is 4. The van der Waals surface area contributed by atoms with Gasteiger partial charge in [-0.2, -0.15) is 5.21 Å². The summed E-state index contributed by atoms with van der Waals surface area (Å²) in [5.74, 6) is 0.408. The van der Waals surface area contributed by atoms with Gasteiger partial charge in [0.1, 0.15) is 11.6 Å². The Labute approximate surface area is 139 Å². The molecule has 2 aromatic rings. The highest BCUT2D eigenvalue weighted by molar-refractivity contribution is 5.75. The first-order valence-corrected chi connectivity index (χ1v) is 7.73. The molecule has 0 spiro atoms. The molecular formula is C15H21N7O2. The molecule has 1 aliphatic rings. The van der Waals surface area contributed by atoms with Crippen molar-refractivity contribution in [2.75, 3.05) is 23.4 Å². The predicted octanol–water partition coefficient (Wildman–Crippen LogP) is 1.66. The molecule has 1 amide bonds. The minimum atomic E-state index is -0.576. The van der Waals surface area contributed by atoms with Crippen LogP contribution in [-0.2, 0) is 4.74 Å². The number of fused-ring (bicyclic) bond motifs is 1. The molecule has 24 heavy (non-hydrogen) atoms. The van der Waals surface area contributed by atoms with Gasteiger partial charge >= 0.3 is 6.09 Å². The number of tetrazole rings is 1. The van der Waals surface area contributed by atoms with Crippen molar-refractivity contribution in [2.24, 2.45) is 0 Å². The Kier molecular flexibility index (Phi) is 4.24. The Hall–Kier alpha value is -2.84. The topological polar surface area (TPSA) is 108 Å². The van der Waals surface area contributed by atoms with Gasteiger partial charge in [-0.25, -0.2) is 4.79 Å². The lowest BCUT2D eigenvalue weighted by Gasteiger charge is -2.26. The van der Waals surface area contributed by atoms with Gasteiger partial charge in [0.2, 0.25) is 0 Å². The van der Waals surface area contributed by atoms with Crippen LogP contribution in [0.4, 0.5) is 16.2 Å². The van der Waals surface area contributed by atoms with E-state index in [-0.39, 0.29) is 0 Å². The van der Waals surface area contributed by atoms with E-state index in [4.69, 9.17) is 4.74 Å². The highest BCUT2D eigenvalue weighted by Gasteiger charge is 2.27. The van der Waals surface area contributed by atoms with E-state index in [1.165, 1.54) is 0 Å². The third kappa shape index (κ3) is 3.73. The van der Waals surface area contributed by atoms with E-state index in [1.54, 1.807) is 0 Å². The van der Waals surface area contributed by atoms with Gasteiger partial charge in [-0.3, -0.25) is 0 Å². The number of nitrogens with one attached hydrogen (secondary N) is 3. The molecule has 3 N–H and O–H groups in total. The third-order valence-corrected chi connectivity index (χ3v) is 3.47. The van der Waals surface area contributed by atoms with E-state index in [1.807, 2.05) is 45.0 Å². The van der Waals surface area contributed by atoms with Crippen molar-refractivity contribution in [2.45, 2.75) is 32.4 Å². The average molecular weight is 331 g/mol. The molecule has 0 saturated heterocycles. The van der Waals surface area contributed by atoms with E-state index in [0.717, 1.165) is 11.4 Å². The number of aromatic nitrogens is 4. The van der Waals surface area contributed by atoms with Gasteiger partial charge in [0, 0.05) is 6.54 Å². The minimum Gasteiger partial charge on any atom is -0.444 e. The molecule has 0 bridgehead atoms. The number of anilines is 2. The molecule has 0 radical (unpaired) electrons. The highest BCUT2D eigenvalue weighted by Crippen LogP contribution is 2.31. The monoisotopic (exact) mass is 331 g/mol. The summed E-state index contributed by atoms with van der Waals surface area (Å²) in [4.78, 5) is 14.2. The molecule has 9 nitrogen and oxygen atoms in total. The number of ether oxygens (including phenoxy) is 1. The van der Waals surface area contributed by atoms with Crippen LogP contribution in [0.3, 0.4) is 0 Å². The van der Waals surface area contributed by atoms with Gasteiger partial charge < -0.3 is 20.3 Å². The molecule has 0 saturated carbocycles. The molecule has 9 heteroatoms. The number of aromatic amines is 1. The Morgan fingerprint density at radius 1 is 1.42 bits per heavy atom. The predicted molar refractivity (Wildman–Crippen MR) is 88.6 cm³/mol. The van der Waals surface area contributed by atoms with Crippen molar-refractivity contribution in [1.82, 2.24) is 25.9 Å². The summed E-state index contributed by atoms with van der Waals surface area (Å²) in [5, 5.41) is 20.1. The molecule has 1 aromatic carbocycles. The number of benzene rings is 1. The maximum absolute atomic E-state index is 12.1. The standard InChI is InChI=1S/C15H21N7O2/c1-15(2,3)24-14(23)17-11(13-18-20-21-19-13)8-22-9-16-10-6-4-5-7-12(10)22/h4-7,11,16H,8-9H2,1-3H3,(H,17,23)(H,18,19,20,21)/t11-/m0/s1. The summed E-state index contributed by atoms with van der Waals surface area (Å²) in [6, 6.07) is 7.54. The maximum atomic E-state index is 12.1. The fraction of sp³-hybridized carbons (Fsp3) is 0.467. The first kappa shape index (κ1) is 16.0. The van der Waals surface area contributed by atoms with Crippen LogP contribution in [0.15, 0.2) is 24.3 Å². The van der Waals surface area contributed by atoms with Crippen LogP contribution in [0.1, 0.15) is 32.6 Å². The maximum Gasteiger partial charge on any atom is 0.408 e. The Balaban J connectivity index is 1.74. The molecule has 0 fully saturated rings. The Morgan fingerprint density at radius 2 is 2.21 bits per heavy atom. The fourth-order valence-electron chi connectivity index (χ4n) is 2.51. The number of carbonyl (C=O) groups is 1. The zero-order chi connectivity index (χ0) is 17.2. The second-order valence-corrected chi connectivity index (χ2v) is 6.54. The molecule has 1 aromatic heterocycles. The molecule has 128 valence electrons. The normalized spacial score (nSPS) is 14.7. The van der Waals surface area contributed by atoms with Gasteiger partial charge in [-0.15, -0.1) is 10.2 Å². The molecule has 0 aliphatic carbocycles. The van der Waals surface area contributed by atoms with Crippen LogP contribution in [0, 0.1) is 0 Å². The van der Waals surface area contributed by atoms with Gasteiger partial charge in [0.05, 0.1) is 18.0 Å². The minimum absolute atomic E-state index is 0.408. The summed E-state index contributed by atoms with van der Waals surface area (Å²) in [6.07, 6.45) is -0.516. The number of hydrogen-bond acceptors (Lipinski definition) is 7.